The number of nitrogens with zero attached hydrogens (tertiary/aromatic N) is 3. The molecule has 88 valence electrons. The van der Waals surface area contributed by atoms with Crippen molar-refractivity contribution in [2.75, 3.05) is 11.9 Å². The normalized spacial score (nSPS) is 10.1. The maximum absolute atomic E-state index is 10.6. The zero-order chi connectivity index (χ0) is 12.1. The molecule has 6 nitrogen and oxygen atoms in total. The molecule has 0 unspecified atom stereocenters. The Bertz CT molecular complexity index is 500. The van der Waals surface area contributed by atoms with Crippen LogP contribution in [0.2, 0.25) is 0 Å². The number of thiazole rings is 1. The van der Waals surface area contributed by atoms with Crippen LogP contribution in [0.3, 0.4) is 0 Å². The van der Waals surface area contributed by atoms with E-state index in [1.165, 1.54) is 11.3 Å². The molecule has 0 fully saturated rings. The Morgan fingerprint density at radius 3 is 3.00 bits per heavy atom. The predicted octanol–water partition coefficient (Wildman–Crippen LogP) is 1.29. The van der Waals surface area contributed by atoms with Crippen LogP contribution in [0.5, 0.6) is 0 Å². The molecule has 0 aliphatic rings. The number of aromatic nitrogens is 3. The van der Waals surface area contributed by atoms with Crippen LogP contribution in [0, 0.1) is 0 Å². The van der Waals surface area contributed by atoms with E-state index in [1.54, 1.807) is 24.0 Å². The highest BCUT2D eigenvalue weighted by molar-refractivity contribution is 7.09. The van der Waals surface area contributed by atoms with Crippen molar-refractivity contribution in [3.05, 3.63) is 34.7 Å². The summed E-state index contributed by atoms with van der Waals surface area (Å²) in [4.78, 5) is 22.6. The van der Waals surface area contributed by atoms with Gasteiger partial charge >= 0.3 is 5.97 Å². The second kappa shape index (κ2) is 5.35. The molecule has 0 aliphatic carbocycles. The molecule has 0 bridgehead atoms. The summed E-state index contributed by atoms with van der Waals surface area (Å²) in [7, 11) is 0. The molecule has 0 aliphatic heterocycles. The molecule has 0 amide bonds. The van der Waals surface area contributed by atoms with Crippen LogP contribution in [0.15, 0.2) is 24.0 Å². The molecule has 0 atom stereocenters. The van der Waals surface area contributed by atoms with Gasteiger partial charge in [-0.2, -0.15) is 0 Å². The zero-order valence-corrected chi connectivity index (χ0v) is 9.65. The summed E-state index contributed by atoms with van der Waals surface area (Å²) in [6, 6.07) is 0. The van der Waals surface area contributed by atoms with E-state index in [-0.39, 0.29) is 5.69 Å². The Balaban J connectivity index is 1.84. The van der Waals surface area contributed by atoms with Crippen molar-refractivity contribution in [3.8, 4) is 0 Å². The lowest BCUT2D eigenvalue weighted by atomic mass is 10.4. The lowest BCUT2D eigenvalue weighted by Crippen LogP contribution is -2.06. The average molecular weight is 250 g/mol. The van der Waals surface area contributed by atoms with Gasteiger partial charge in [0.05, 0.1) is 11.2 Å². The highest BCUT2D eigenvalue weighted by Crippen LogP contribution is 2.10. The van der Waals surface area contributed by atoms with Crippen molar-refractivity contribution >= 4 is 23.1 Å². The lowest BCUT2D eigenvalue weighted by molar-refractivity contribution is 0.0691. The first-order chi connectivity index (χ1) is 8.25. The molecule has 0 saturated carbocycles. The van der Waals surface area contributed by atoms with Gasteiger partial charge in [-0.05, 0) is 0 Å². The van der Waals surface area contributed by atoms with E-state index in [1.807, 2.05) is 0 Å². The summed E-state index contributed by atoms with van der Waals surface area (Å²) in [5.41, 5.74) is 0.101. The van der Waals surface area contributed by atoms with Gasteiger partial charge in [-0.1, -0.05) is 0 Å². The number of nitrogens with one attached hydrogen (secondary N) is 1. The van der Waals surface area contributed by atoms with E-state index in [9.17, 15) is 4.79 Å². The van der Waals surface area contributed by atoms with E-state index < -0.39 is 5.97 Å². The molecule has 2 N–H and O–H groups in total. The molecule has 2 heterocycles. The summed E-state index contributed by atoms with van der Waals surface area (Å²) >= 11 is 1.35. The molecule has 0 spiro atoms. The van der Waals surface area contributed by atoms with E-state index in [4.69, 9.17) is 5.11 Å². The number of aromatic carboxylic acids is 1. The van der Waals surface area contributed by atoms with Gasteiger partial charge in [0.15, 0.2) is 5.69 Å². The third-order valence-electron chi connectivity index (χ3n) is 1.98. The Kier molecular flexibility index (Phi) is 3.61. The number of hydrogen-bond donors (Lipinski definition) is 2. The molecule has 0 saturated heterocycles. The van der Waals surface area contributed by atoms with Gasteiger partial charge in [0.2, 0.25) is 0 Å². The van der Waals surface area contributed by atoms with Crippen molar-refractivity contribution in [1.82, 2.24) is 15.0 Å². The fourth-order valence-electron chi connectivity index (χ4n) is 1.21. The summed E-state index contributed by atoms with van der Waals surface area (Å²) in [5.74, 6) is -0.295. The van der Waals surface area contributed by atoms with Crippen LogP contribution in [0.25, 0.3) is 0 Å². The number of carboxylic acid groups (broad SMARTS) is 1. The SMILES string of the molecule is O=C(O)c1csc(CCNc2cnccn2)n1. The van der Waals surface area contributed by atoms with E-state index in [0.29, 0.717) is 18.8 Å². The van der Waals surface area contributed by atoms with Crippen molar-refractivity contribution in [1.29, 1.82) is 0 Å². The van der Waals surface area contributed by atoms with E-state index in [2.05, 4.69) is 20.3 Å². The maximum atomic E-state index is 10.6. The maximum Gasteiger partial charge on any atom is 0.355 e. The topological polar surface area (TPSA) is 88.0 Å². The Morgan fingerprint density at radius 1 is 1.47 bits per heavy atom. The fraction of sp³-hybridized carbons (Fsp3) is 0.200. The molecule has 2 aromatic rings. The van der Waals surface area contributed by atoms with Gasteiger partial charge in [0.25, 0.3) is 0 Å². The van der Waals surface area contributed by atoms with Crippen molar-refractivity contribution < 1.29 is 9.90 Å². The monoisotopic (exact) mass is 250 g/mol. The lowest BCUT2D eigenvalue weighted by Gasteiger charge is -2.01. The minimum Gasteiger partial charge on any atom is -0.476 e. The smallest absolute Gasteiger partial charge is 0.355 e. The largest absolute Gasteiger partial charge is 0.476 e. The fourth-order valence-corrected chi connectivity index (χ4v) is 1.98. The molecule has 2 aromatic heterocycles. The van der Waals surface area contributed by atoms with E-state index in [0.717, 1.165) is 5.01 Å². The van der Waals surface area contributed by atoms with Crippen LogP contribution in [0.1, 0.15) is 15.5 Å². The first-order valence-corrected chi connectivity index (χ1v) is 5.81. The Labute approximate surface area is 101 Å². The molecule has 7 heteroatoms. The van der Waals surface area contributed by atoms with Gasteiger partial charge in [-0.3, -0.25) is 4.98 Å². The zero-order valence-electron chi connectivity index (χ0n) is 8.83. The standard InChI is InChI=1S/C10H10N4O2S/c15-10(16)7-6-17-9(14-7)1-2-12-8-5-11-3-4-13-8/h3-6H,1-2H2,(H,12,13)(H,15,16). The third kappa shape index (κ3) is 3.22. The first-order valence-electron chi connectivity index (χ1n) is 4.93. The minimum absolute atomic E-state index is 0.101. The quantitative estimate of drug-likeness (QED) is 0.831. The Morgan fingerprint density at radius 2 is 2.35 bits per heavy atom. The molecule has 0 aromatic carbocycles. The first kappa shape index (κ1) is 11.5. The van der Waals surface area contributed by atoms with Gasteiger partial charge in [0.1, 0.15) is 5.82 Å². The van der Waals surface area contributed by atoms with E-state index >= 15 is 0 Å². The number of carboxylic acids is 1. The highest BCUT2D eigenvalue weighted by atomic mass is 32.1. The number of rotatable bonds is 5. The van der Waals surface area contributed by atoms with Crippen LogP contribution < -0.4 is 5.32 Å². The highest BCUT2D eigenvalue weighted by Gasteiger charge is 2.07. The molecule has 0 radical (unpaired) electrons. The van der Waals surface area contributed by atoms with Crippen LogP contribution in [0.4, 0.5) is 5.82 Å². The van der Waals surface area contributed by atoms with Crippen molar-refractivity contribution in [3.63, 3.8) is 0 Å². The van der Waals surface area contributed by atoms with Crippen molar-refractivity contribution in [2.24, 2.45) is 0 Å². The third-order valence-corrected chi connectivity index (χ3v) is 2.89. The van der Waals surface area contributed by atoms with Crippen LogP contribution >= 0.6 is 11.3 Å². The number of hydrogen-bond acceptors (Lipinski definition) is 6. The van der Waals surface area contributed by atoms with Gasteiger partial charge in [0, 0.05) is 30.7 Å². The number of carbonyl (C=O) groups is 1. The molecule has 2 rings (SSSR count). The molecular weight excluding hydrogens is 240 g/mol. The second-order valence-electron chi connectivity index (χ2n) is 3.20. The van der Waals surface area contributed by atoms with Gasteiger partial charge in [-0.15, -0.1) is 11.3 Å². The molecular formula is C10H10N4O2S. The molecule has 17 heavy (non-hydrogen) atoms. The summed E-state index contributed by atoms with van der Waals surface area (Å²) in [6.45, 7) is 0.644. The second-order valence-corrected chi connectivity index (χ2v) is 4.14. The predicted molar refractivity (Wildman–Crippen MR) is 63.3 cm³/mol. The summed E-state index contributed by atoms with van der Waals surface area (Å²) in [6.07, 6.45) is 5.50. The summed E-state index contributed by atoms with van der Waals surface area (Å²) in [5, 5.41) is 14.1. The summed E-state index contributed by atoms with van der Waals surface area (Å²) < 4.78 is 0. The average Bonchev–Trinajstić information content (AvgIpc) is 2.79. The van der Waals surface area contributed by atoms with Crippen molar-refractivity contribution in [2.45, 2.75) is 6.42 Å². The van der Waals surface area contributed by atoms with Gasteiger partial charge < -0.3 is 10.4 Å². The Hall–Kier alpha value is -2.02. The minimum atomic E-state index is -0.991. The van der Waals surface area contributed by atoms with Crippen LogP contribution in [-0.4, -0.2) is 32.6 Å². The number of anilines is 1. The van der Waals surface area contributed by atoms with Gasteiger partial charge in [-0.25, -0.2) is 14.8 Å². The van der Waals surface area contributed by atoms with Crippen LogP contribution in [-0.2, 0) is 6.42 Å².